The Hall–Kier alpha value is 2.06. The van der Waals surface area contributed by atoms with Gasteiger partial charge in [0.2, 0.25) is 0 Å². The van der Waals surface area contributed by atoms with Crippen molar-refractivity contribution < 1.29 is 90.5 Å². The zero-order valence-electron chi connectivity index (χ0n) is 3.50. The Kier molecular flexibility index (Phi) is 43.1. The summed E-state index contributed by atoms with van der Waals surface area (Å²) < 4.78 is 34.5. The van der Waals surface area contributed by atoms with Gasteiger partial charge in [0.15, 0.2) is 0 Å². The summed E-state index contributed by atoms with van der Waals surface area (Å²) in [6.45, 7) is 0. The van der Waals surface area contributed by atoms with Crippen molar-refractivity contribution in [3.8, 4) is 0 Å². The molecule has 0 aromatic heterocycles. The van der Waals surface area contributed by atoms with E-state index >= 15 is 0 Å². The summed E-state index contributed by atoms with van der Waals surface area (Å²) in [6.07, 6.45) is 0. The fraction of sp³-hybridized carbons (Fsp3) is 0. The monoisotopic (exact) mass is 398 g/mol. The summed E-state index contributed by atoms with van der Waals surface area (Å²) >= 11 is -5.94. The van der Waals surface area contributed by atoms with Gasteiger partial charge in [-0.25, -0.2) is 0 Å². The van der Waals surface area contributed by atoms with Gasteiger partial charge in [0.1, 0.15) is 20.1 Å². The second-order valence-electron chi connectivity index (χ2n) is 0.378. The second kappa shape index (κ2) is 12.7. The SMILES string of the molecule is [Cl-].[Cl-].[Cl-].[O-][I+3]([O-])([O-])[O-].[Ru+4]. The molecule has 0 N–H and O–H groups in total. The molecule has 0 amide bonds. The van der Waals surface area contributed by atoms with Gasteiger partial charge in [-0.15, -0.1) is 0 Å². The molecule has 0 fully saturated rings. The Morgan fingerprint density at radius 2 is 0.667 bits per heavy atom. The molecule has 4 nitrogen and oxygen atoms in total. The first-order valence-corrected chi connectivity index (χ1v) is 4.14. The standard InChI is InChI=1S/3ClH.IO4.Ru/c;;;2-1(3,4)5;/h3*1H;;/q;;;-1;+4/p-3. The van der Waals surface area contributed by atoms with E-state index in [0.717, 1.165) is 0 Å². The summed E-state index contributed by atoms with van der Waals surface area (Å²) in [7, 11) is 0. The van der Waals surface area contributed by atoms with Crippen LogP contribution in [-0.2, 0) is 19.5 Å². The molecule has 0 rings (SSSR count). The number of hydrogen-bond donors (Lipinski definition) is 0. The maximum Gasteiger partial charge on any atom is 4.00 e. The molecule has 0 spiro atoms. The van der Waals surface area contributed by atoms with Gasteiger partial charge in [0.25, 0.3) is 0 Å². The van der Waals surface area contributed by atoms with Crippen molar-refractivity contribution in [1.82, 2.24) is 0 Å². The molecule has 0 unspecified atom stereocenters. The van der Waals surface area contributed by atoms with Crippen molar-refractivity contribution in [2.45, 2.75) is 0 Å². The maximum absolute atomic E-state index is 8.62. The van der Waals surface area contributed by atoms with E-state index in [1.165, 1.54) is 0 Å². The van der Waals surface area contributed by atoms with E-state index in [-0.39, 0.29) is 56.7 Å². The smallest absolute Gasteiger partial charge is 1.00 e. The van der Waals surface area contributed by atoms with Crippen molar-refractivity contribution in [2.75, 3.05) is 0 Å². The van der Waals surface area contributed by atoms with E-state index < -0.39 is 20.1 Å². The predicted octanol–water partition coefficient (Wildman–Crippen LogP) is -16.7. The van der Waals surface area contributed by atoms with Crippen LogP contribution < -0.4 is 71.1 Å². The van der Waals surface area contributed by atoms with E-state index in [9.17, 15) is 0 Å². The predicted molar refractivity (Wildman–Crippen MR) is 0 cm³/mol. The van der Waals surface area contributed by atoms with Crippen LogP contribution in [0.3, 0.4) is 0 Å². The van der Waals surface area contributed by atoms with Crippen LogP contribution in [0.2, 0.25) is 0 Å². The first-order chi connectivity index (χ1) is 2.00. The van der Waals surface area contributed by atoms with Crippen molar-refractivity contribution in [3.05, 3.63) is 0 Å². The minimum atomic E-state index is -5.94. The van der Waals surface area contributed by atoms with Crippen LogP contribution in [0.25, 0.3) is 0 Å². The molecule has 0 aromatic rings. The molecule has 0 aromatic carbocycles. The normalized spacial score (nSPS) is 6.67. The third-order valence-corrected chi connectivity index (χ3v) is 0. The topological polar surface area (TPSA) is 92.2 Å². The average molecular weight is 398 g/mol. The summed E-state index contributed by atoms with van der Waals surface area (Å²) in [5.41, 5.74) is 0. The Labute approximate surface area is 89.7 Å². The molecule has 0 aliphatic heterocycles. The van der Waals surface area contributed by atoms with Gasteiger partial charge in [0, 0.05) is 0 Å². The summed E-state index contributed by atoms with van der Waals surface area (Å²) in [5.74, 6) is 0. The molecule has 0 radical (unpaired) electrons. The van der Waals surface area contributed by atoms with Crippen LogP contribution in [0.1, 0.15) is 0 Å². The van der Waals surface area contributed by atoms with E-state index in [1.807, 2.05) is 0 Å². The molecule has 60 valence electrons. The summed E-state index contributed by atoms with van der Waals surface area (Å²) in [6, 6.07) is 0. The molecule has 0 bridgehead atoms. The Bertz CT molecular complexity index is 31.3. The van der Waals surface area contributed by atoms with Crippen LogP contribution in [0.4, 0.5) is 0 Å². The van der Waals surface area contributed by atoms with Gasteiger partial charge in [0.05, 0.1) is 0 Å². The zero-order chi connectivity index (χ0) is 4.50. The molecule has 0 saturated heterocycles. The first-order valence-electron chi connectivity index (χ1n) is 0.617. The average Bonchev–Trinajstić information content (AvgIpc) is 0.722. The molecule has 0 aliphatic rings. The van der Waals surface area contributed by atoms with E-state index in [4.69, 9.17) is 13.7 Å². The largest absolute Gasteiger partial charge is 4.00 e. The van der Waals surface area contributed by atoms with Gasteiger partial charge < -0.3 is 37.2 Å². The van der Waals surface area contributed by atoms with Gasteiger partial charge in [-0.1, -0.05) is 0 Å². The van der Waals surface area contributed by atoms with Crippen LogP contribution >= 0.6 is 0 Å². The minimum absolute atomic E-state index is 0. The molecule has 9 heteroatoms. The maximum atomic E-state index is 8.62. The fourth-order valence-corrected chi connectivity index (χ4v) is 0. The fourth-order valence-electron chi connectivity index (χ4n) is 0. The van der Waals surface area contributed by atoms with Crippen molar-refractivity contribution in [2.24, 2.45) is 0 Å². The second-order valence-corrected chi connectivity index (χ2v) is 2.54. The van der Waals surface area contributed by atoms with Crippen LogP contribution in [0, 0.1) is 0 Å². The number of halogens is 4. The van der Waals surface area contributed by atoms with Crippen molar-refractivity contribution in [3.63, 3.8) is 0 Å². The Balaban J connectivity index is -0.0000000133. The van der Waals surface area contributed by atoms with Gasteiger partial charge in [-0.05, 0) is 0 Å². The first kappa shape index (κ1) is 30.5. The molecule has 9 heavy (non-hydrogen) atoms. The molecular weight excluding hydrogens is 398 g/mol. The quantitative estimate of drug-likeness (QED) is 0.299. The molecule has 0 atom stereocenters. The van der Waals surface area contributed by atoms with E-state index in [0.29, 0.717) is 0 Å². The van der Waals surface area contributed by atoms with Crippen molar-refractivity contribution in [1.29, 1.82) is 0 Å². The molecule has 0 saturated carbocycles. The third-order valence-electron chi connectivity index (χ3n) is 0. The third kappa shape index (κ3) is 154. The summed E-state index contributed by atoms with van der Waals surface area (Å²) in [4.78, 5) is 0. The summed E-state index contributed by atoms with van der Waals surface area (Å²) in [5, 5.41) is 0. The molecule has 0 aliphatic carbocycles. The molecular formula is Cl3IO4Ru. The van der Waals surface area contributed by atoms with Gasteiger partial charge in [-0.3, -0.25) is 13.7 Å². The zero-order valence-corrected chi connectivity index (χ0v) is 9.66. The van der Waals surface area contributed by atoms with Crippen LogP contribution in [0.15, 0.2) is 0 Å². The van der Waals surface area contributed by atoms with Crippen LogP contribution in [0.5, 0.6) is 0 Å². The van der Waals surface area contributed by atoms with Crippen LogP contribution in [-0.4, -0.2) is 0 Å². The van der Waals surface area contributed by atoms with Crippen molar-refractivity contribution >= 4 is 0 Å². The Morgan fingerprint density at radius 3 is 0.667 bits per heavy atom. The Morgan fingerprint density at radius 1 is 0.667 bits per heavy atom. The van der Waals surface area contributed by atoms with E-state index in [2.05, 4.69) is 0 Å². The van der Waals surface area contributed by atoms with Gasteiger partial charge in [-0.2, -0.15) is 0 Å². The molecule has 0 heterocycles. The number of rotatable bonds is 0. The number of hydrogen-bond acceptors (Lipinski definition) is 4. The van der Waals surface area contributed by atoms with Gasteiger partial charge >= 0.3 is 19.5 Å². The van der Waals surface area contributed by atoms with E-state index in [1.54, 1.807) is 0 Å². The minimum Gasteiger partial charge on any atom is -1.00 e.